The van der Waals surface area contributed by atoms with Crippen LogP contribution in [0.15, 0.2) is 78.9 Å². The second-order valence-electron chi connectivity index (χ2n) is 6.20. The number of aryl methyl sites for hydroxylation is 2. The Morgan fingerprint density at radius 3 is 2.00 bits per heavy atom. The summed E-state index contributed by atoms with van der Waals surface area (Å²) in [5.41, 5.74) is 5.62. The van der Waals surface area contributed by atoms with E-state index in [0.29, 0.717) is 0 Å². The van der Waals surface area contributed by atoms with Crippen molar-refractivity contribution in [3.05, 3.63) is 90.0 Å². The second-order valence-corrected chi connectivity index (χ2v) is 6.20. The summed E-state index contributed by atoms with van der Waals surface area (Å²) in [6.07, 6.45) is 0. The molecule has 0 aliphatic heterocycles. The van der Waals surface area contributed by atoms with Crippen LogP contribution in [-0.4, -0.2) is 14.8 Å². The summed E-state index contributed by atoms with van der Waals surface area (Å²) in [6.45, 7) is 4.21. The fourth-order valence-corrected chi connectivity index (χ4v) is 3.07. The van der Waals surface area contributed by atoms with Gasteiger partial charge in [-0.05, 0) is 31.5 Å². The van der Waals surface area contributed by atoms with E-state index < -0.39 is 0 Å². The van der Waals surface area contributed by atoms with Crippen molar-refractivity contribution in [3.8, 4) is 28.5 Å². The summed E-state index contributed by atoms with van der Waals surface area (Å²) in [5.74, 6) is 1.71. The van der Waals surface area contributed by atoms with E-state index >= 15 is 0 Å². The van der Waals surface area contributed by atoms with Crippen molar-refractivity contribution < 1.29 is 0 Å². The number of benzene rings is 3. The van der Waals surface area contributed by atoms with Crippen LogP contribution in [0.1, 0.15) is 11.1 Å². The molecule has 1 aromatic heterocycles. The molecule has 0 saturated heterocycles. The maximum absolute atomic E-state index is 4.53. The third-order valence-electron chi connectivity index (χ3n) is 4.33. The van der Waals surface area contributed by atoms with Gasteiger partial charge in [-0.3, -0.25) is 4.57 Å². The third kappa shape index (κ3) is 2.85. The summed E-state index contributed by atoms with van der Waals surface area (Å²) in [5, 5.41) is 9.06. The molecule has 0 unspecified atom stereocenters. The Morgan fingerprint density at radius 1 is 0.640 bits per heavy atom. The maximum atomic E-state index is 4.53. The molecule has 4 rings (SSSR count). The van der Waals surface area contributed by atoms with Gasteiger partial charge < -0.3 is 0 Å². The Balaban J connectivity index is 2.01. The number of aromatic nitrogens is 3. The molecule has 0 aliphatic carbocycles. The topological polar surface area (TPSA) is 30.7 Å². The van der Waals surface area contributed by atoms with Gasteiger partial charge in [0.15, 0.2) is 11.6 Å². The van der Waals surface area contributed by atoms with E-state index in [1.165, 1.54) is 11.1 Å². The minimum absolute atomic E-state index is 0.853. The zero-order valence-corrected chi connectivity index (χ0v) is 14.3. The molecule has 0 saturated carbocycles. The fraction of sp³-hybridized carbons (Fsp3) is 0.0909. The molecule has 0 bridgehead atoms. The molecule has 0 N–H and O–H groups in total. The van der Waals surface area contributed by atoms with E-state index in [0.717, 1.165) is 28.5 Å². The Labute approximate surface area is 147 Å². The van der Waals surface area contributed by atoms with Crippen molar-refractivity contribution in [2.45, 2.75) is 13.8 Å². The van der Waals surface area contributed by atoms with E-state index in [9.17, 15) is 0 Å². The number of para-hydroxylation sites is 1. The molecule has 0 aliphatic rings. The summed E-state index contributed by atoms with van der Waals surface area (Å²) in [6, 6.07) is 26.9. The number of hydrogen-bond donors (Lipinski definition) is 0. The van der Waals surface area contributed by atoms with Crippen LogP contribution < -0.4 is 0 Å². The predicted octanol–water partition coefficient (Wildman–Crippen LogP) is 5.22. The van der Waals surface area contributed by atoms with Crippen molar-refractivity contribution in [2.75, 3.05) is 0 Å². The largest absolute Gasteiger partial charge is 0.275 e. The van der Waals surface area contributed by atoms with Crippen molar-refractivity contribution in [3.63, 3.8) is 0 Å². The predicted molar refractivity (Wildman–Crippen MR) is 102 cm³/mol. The van der Waals surface area contributed by atoms with E-state index in [-0.39, 0.29) is 0 Å². The first-order valence-electron chi connectivity index (χ1n) is 8.38. The molecular formula is C22H19N3. The summed E-state index contributed by atoms with van der Waals surface area (Å²) < 4.78 is 2.15. The molecule has 1 heterocycles. The molecule has 4 aromatic rings. The van der Waals surface area contributed by atoms with Gasteiger partial charge in [0.1, 0.15) is 0 Å². The van der Waals surface area contributed by atoms with Crippen LogP contribution in [0, 0.1) is 13.8 Å². The van der Waals surface area contributed by atoms with Crippen molar-refractivity contribution in [1.82, 2.24) is 14.8 Å². The maximum Gasteiger partial charge on any atom is 0.168 e. The minimum atomic E-state index is 0.853. The van der Waals surface area contributed by atoms with Crippen molar-refractivity contribution in [1.29, 1.82) is 0 Å². The molecular weight excluding hydrogens is 306 g/mol. The van der Waals surface area contributed by atoms with Crippen LogP contribution in [0.25, 0.3) is 28.5 Å². The van der Waals surface area contributed by atoms with Crippen LogP contribution in [0.4, 0.5) is 0 Å². The van der Waals surface area contributed by atoms with Crippen LogP contribution in [0.2, 0.25) is 0 Å². The second kappa shape index (κ2) is 6.36. The van der Waals surface area contributed by atoms with E-state index in [1.54, 1.807) is 0 Å². The smallest absolute Gasteiger partial charge is 0.168 e. The SMILES string of the molecule is Cc1cccc(-c2nnc(-c3ccccc3)n2-c2ccccc2C)c1. The standard InChI is InChI=1S/C22H19N3/c1-16-9-8-13-19(15-16)22-24-23-21(18-11-4-3-5-12-18)25(22)20-14-7-6-10-17(20)2/h3-15H,1-2H3. The normalized spacial score (nSPS) is 10.8. The lowest BCUT2D eigenvalue weighted by Crippen LogP contribution is -2.02. The average Bonchev–Trinajstić information content (AvgIpc) is 3.08. The number of nitrogens with zero attached hydrogens (tertiary/aromatic N) is 3. The fourth-order valence-electron chi connectivity index (χ4n) is 3.07. The molecule has 0 amide bonds. The van der Waals surface area contributed by atoms with Crippen LogP contribution >= 0.6 is 0 Å². The Morgan fingerprint density at radius 2 is 1.28 bits per heavy atom. The van der Waals surface area contributed by atoms with Crippen LogP contribution in [0.3, 0.4) is 0 Å². The molecule has 122 valence electrons. The number of rotatable bonds is 3. The third-order valence-corrected chi connectivity index (χ3v) is 4.33. The lowest BCUT2D eigenvalue weighted by atomic mass is 10.1. The van der Waals surface area contributed by atoms with Crippen molar-refractivity contribution in [2.24, 2.45) is 0 Å². The first-order valence-corrected chi connectivity index (χ1v) is 8.38. The van der Waals surface area contributed by atoms with Crippen LogP contribution in [-0.2, 0) is 0 Å². The monoisotopic (exact) mass is 325 g/mol. The molecule has 0 fully saturated rings. The van der Waals surface area contributed by atoms with Gasteiger partial charge in [-0.1, -0.05) is 72.3 Å². The molecule has 3 nitrogen and oxygen atoms in total. The zero-order chi connectivity index (χ0) is 17.2. The molecule has 0 radical (unpaired) electrons. The van der Waals surface area contributed by atoms with Crippen molar-refractivity contribution >= 4 is 0 Å². The molecule has 25 heavy (non-hydrogen) atoms. The van der Waals surface area contributed by atoms with E-state index in [4.69, 9.17) is 0 Å². The van der Waals surface area contributed by atoms with Crippen LogP contribution in [0.5, 0.6) is 0 Å². The zero-order valence-electron chi connectivity index (χ0n) is 14.3. The first kappa shape index (κ1) is 15.3. The Bertz CT molecular complexity index is 1020. The highest BCUT2D eigenvalue weighted by molar-refractivity contribution is 5.67. The minimum Gasteiger partial charge on any atom is -0.275 e. The molecule has 3 heteroatoms. The highest BCUT2D eigenvalue weighted by atomic mass is 15.3. The Hall–Kier alpha value is -3.20. The molecule has 0 spiro atoms. The van der Waals surface area contributed by atoms with Gasteiger partial charge in [-0.25, -0.2) is 0 Å². The molecule has 3 aromatic carbocycles. The van der Waals surface area contributed by atoms with Gasteiger partial charge in [0.25, 0.3) is 0 Å². The van der Waals surface area contributed by atoms with Gasteiger partial charge in [0.2, 0.25) is 0 Å². The Kier molecular flexibility index (Phi) is 3.90. The summed E-state index contributed by atoms with van der Waals surface area (Å²) in [7, 11) is 0. The van der Waals surface area contributed by atoms with Gasteiger partial charge in [-0.2, -0.15) is 0 Å². The highest BCUT2D eigenvalue weighted by Crippen LogP contribution is 2.30. The number of hydrogen-bond acceptors (Lipinski definition) is 2. The van der Waals surface area contributed by atoms with Gasteiger partial charge >= 0.3 is 0 Å². The highest BCUT2D eigenvalue weighted by Gasteiger charge is 2.18. The summed E-state index contributed by atoms with van der Waals surface area (Å²) >= 11 is 0. The quantitative estimate of drug-likeness (QED) is 0.517. The summed E-state index contributed by atoms with van der Waals surface area (Å²) in [4.78, 5) is 0. The lowest BCUT2D eigenvalue weighted by molar-refractivity contribution is 1.05. The van der Waals surface area contributed by atoms with Gasteiger partial charge in [-0.15, -0.1) is 10.2 Å². The lowest BCUT2D eigenvalue weighted by Gasteiger charge is -2.13. The van der Waals surface area contributed by atoms with Gasteiger partial charge in [0.05, 0.1) is 5.69 Å². The molecule has 0 atom stereocenters. The first-order chi connectivity index (χ1) is 12.2. The average molecular weight is 325 g/mol. The van der Waals surface area contributed by atoms with Gasteiger partial charge in [0, 0.05) is 11.1 Å². The van der Waals surface area contributed by atoms with E-state index in [2.05, 4.69) is 89.3 Å². The van der Waals surface area contributed by atoms with E-state index in [1.807, 2.05) is 18.2 Å².